The fourth-order valence-corrected chi connectivity index (χ4v) is 3.28. The van der Waals surface area contributed by atoms with E-state index in [0.29, 0.717) is 22.5 Å². The molecule has 2 aromatic carbocycles. The lowest BCUT2D eigenvalue weighted by Crippen LogP contribution is -2.24. The van der Waals surface area contributed by atoms with Gasteiger partial charge in [-0.25, -0.2) is 9.67 Å². The number of rotatable bonds is 8. The van der Waals surface area contributed by atoms with Crippen molar-refractivity contribution in [3.05, 3.63) is 72.5 Å². The molecular formula is C24H25N5O4. The number of hydrogen-bond donors (Lipinski definition) is 2. The van der Waals surface area contributed by atoms with Gasteiger partial charge in [0.15, 0.2) is 5.76 Å². The Morgan fingerprint density at radius 3 is 2.39 bits per heavy atom. The maximum atomic E-state index is 13.0. The quantitative estimate of drug-likeness (QED) is 0.414. The molecule has 9 heteroatoms. The first-order chi connectivity index (χ1) is 15.9. The van der Waals surface area contributed by atoms with Gasteiger partial charge in [0.1, 0.15) is 24.3 Å². The van der Waals surface area contributed by atoms with Crippen LogP contribution in [0.5, 0.6) is 0 Å². The minimum absolute atomic E-state index is 0.0182. The SMILES string of the molecule is CC(C)OCc1c(C(=O)Nc2ccc(NC(=O)C(C)n3cncn3)cc2)oc2ccccc12. The lowest BCUT2D eigenvalue weighted by Gasteiger charge is -2.12. The molecule has 2 aromatic heterocycles. The highest BCUT2D eigenvalue weighted by Crippen LogP contribution is 2.28. The van der Waals surface area contributed by atoms with Crippen molar-refractivity contribution in [3.63, 3.8) is 0 Å². The Balaban J connectivity index is 1.46. The van der Waals surface area contributed by atoms with Crippen molar-refractivity contribution in [2.45, 2.75) is 39.5 Å². The van der Waals surface area contributed by atoms with E-state index in [1.54, 1.807) is 31.2 Å². The molecule has 1 unspecified atom stereocenters. The first-order valence-corrected chi connectivity index (χ1v) is 10.6. The van der Waals surface area contributed by atoms with E-state index in [2.05, 4.69) is 20.7 Å². The van der Waals surface area contributed by atoms with Gasteiger partial charge in [0.25, 0.3) is 5.91 Å². The van der Waals surface area contributed by atoms with Crippen LogP contribution in [0.3, 0.4) is 0 Å². The second-order valence-electron chi connectivity index (χ2n) is 7.84. The van der Waals surface area contributed by atoms with Crippen molar-refractivity contribution in [1.82, 2.24) is 14.8 Å². The third kappa shape index (κ3) is 5.09. The van der Waals surface area contributed by atoms with Gasteiger partial charge in [-0.15, -0.1) is 0 Å². The highest BCUT2D eigenvalue weighted by molar-refractivity contribution is 6.06. The molecule has 0 saturated carbocycles. The number of aromatic nitrogens is 3. The Kier molecular flexibility index (Phi) is 6.50. The van der Waals surface area contributed by atoms with Gasteiger partial charge in [-0.1, -0.05) is 18.2 Å². The molecule has 0 fully saturated rings. The molecule has 0 spiro atoms. The zero-order valence-electron chi connectivity index (χ0n) is 18.6. The number of carbonyl (C=O) groups excluding carboxylic acids is 2. The average Bonchev–Trinajstić information content (AvgIpc) is 3.46. The number of benzene rings is 2. The predicted octanol–water partition coefficient (Wildman–Crippen LogP) is 4.40. The minimum Gasteiger partial charge on any atom is -0.451 e. The van der Waals surface area contributed by atoms with E-state index in [1.165, 1.54) is 17.3 Å². The molecule has 170 valence electrons. The fraction of sp³-hybridized carbons (Fsp3) is 0.250. The van der Waals surface area contributed by atoms with Crippen molar-refractivity contribution in [2.75, 3.05) is 10.6 Å². The standard InChI is InChI=1S/C24H25N5O4/c1-15(2)32-12-20-19-6-4-5-7-21(19)33-22(20)24(31)28-18-10-8-17(9-11-18)27-23(30)16(3)29-14-25-13-26-29/h4-11,13-16H,12H2,1-3H3,(H,27,30)(H,28,31). The van der Waals surface area contributed by atoms with E-state index >= 15 is 0 Å². The highest BCUT2D eigenvalue weighted by Gasteiger charge is 2.21. The number of amides is 2. The Labute approximate surface area is 190 Å². The lowest BCUT2D eigenvalue weighted by molar-refractivity contribution is -0.119. The normalized spacial score (nSPS) is 12.1. The molecule has 0 aliphatic heterocycles. The van der Waals surface area contributed by atoms with Crippen LogP contribution in [0, 0.1) is 0 Å². The molecule has 4 rings (SSSR count). The smallest absolute Gasteiger partial charge is 0.291 e. The summed E-state index contributed by atoms with van der Waals surface area (Å²) in [4.78, 5) is 29.2. The minimum atomic E-state index is -0.508. The van der Waals surface area contributed by atoms with Crippen LogP contribution in [0.4, 0.5) is 11.4 Å². The van der Waals surface area contributed by atoms with Crippen molar-refractivity contribution in [1.29, 1.82) is 0 Å². The van der Waals surface area contributed by atoms with E-state index in [1.807, 2.05) is 38.1 Å². The molecule has 0 radical (unpaired) electrons. The summed E-state index contributed by atoms with van der Waals surface area (Å²) in [5.74, 6) is -0.379. The Morgan fingerprint density at radius 2 is 1.73 bits per heavy atom. The van der Waals surface area contributed by atoms with Crippen LogP contribution in [0.1, 0.15) is 42.9 Å². The van der Waals surface area contributed by atoms with Gasteiger partial charge in [0.2, 0.25) is 5.91 Å². The van der Waals surface area contributed by atoms with Gasteiger partial charge in [0, 0.05) is 22.3 Å². The average molecular weight is 447 g/mol. The molecule has 9 nitrogen and oxygen atoms in total. The van der Waals surface area contributed by atoms with Crippen molar-refractivity contribution in [2.24, 2.45) is 0 Å². The topological polar surface area (TPSA) is 111 Å². The number of nitrogens with one attached hydrogen (secondary N) is 2. The number of fused-ring (bicyclic) bond motifs is 1. The third-order valence-electron chi connectivity index (χ3n) is 5.09. The summed E-state index contributed by atoms with van der Waals surface area (Å²) in [7, 11) is 0. The fourth-order valence-electron chi connectivity index (χ4n) is 3.28. The molecule has 1 atom stereocenters. The highest BCUT2D eigenvalue weighted by atomic mass is 16.5. The molecule has 0 aliphatic rings. The second-order valence-corrected chi connectivity index (χ2v) is 7.84. The second kappa shape index (κ2) is 9.66. The first kappa shape index (κ1) is 22.2. The summed E-state index contributed by atoms with van der Waals surface area (Å²) in [5.41, 5.74) is 2.51. The van der Waals surface area contributed by atoms with Crippen LogP contribution in [0.15, 0.2) is 65.6 Å². The van der Waals surface area contributed by atoms with E-state index in [4.69, 9.17) is 9.15 Å². The van der Waals surface area contributed by atoms with E-state index in [9.17, 15) is 9.59 Å². The lowest BCUT2D eigenvalue weighted by atomic mass is 10.1. The number of carbonyl (C=O) groups is 2. The summed E-state index contributed by atoms with van der Waals surface area (Å²) in [6.45, 7) is 5.88. The largest absolute Gasteiger partial charge is 0.451 e. The van der Waals surface area contributed by atoms with Crippen LogP contribution >= 0.6 is 0 Å². The van der Waals surface area contributed by atoms with Crippen molar-refractivity contribution < 1.29 is 18.7 Å². The van der Waals surface area contributed by atoms with Gasteiger partial charge in [-0.3, -0.25) is 9.59 Å². The number of furan rings is 1. The third-order valence-corrected chi connectivity index (χ3v) is 5.09. The summed E-state index contributed by atoms with van der Waals surface area (Å²) >= 11 is 0. The summed E-state index contributed by atoms with van der Waals surface area (Å²) in [5, 5.41) is 10.5. The van der Waals surface area contributed by atoms with Crippen molar-refractivity contribution in [3.8, 4) is 0 Å². The molecule has 0 aliphatic carbocycles. The summed E-state index contributed by atoms with van der Waals surface area (Å²) in [6, 6.07) is 13.8. The number of nitrogens with zero attached hydrogens (tertiary/aromatic N) is 3. The maximum Gasteiger partial charge on any atom is 0.291 e. The van der Waals surface area contributed by atoms with Gasteiger partial charge >= 0.3 is 0 Å². The van der Waals surface area contributed by atoms with Gasteiger partial charge in [0.05, 0.1) is 12.7 Å². The monoisotopic (exact) mass is 447 g/mol. The van der Waals surface area contributed by atoms with Crippen LogP contribution < -0.4 is 10.6 Å². The molecule has 0 saturated heterocycles. The Morgan fingerprint density at radius 1 is 1.03 bits per heavy atom. The van der Waals surface area contributed by atoms with E-state index in [-0.39, 0.29) is 30.3 Å². The first-order valence-electron chi connectivity index (χ1n) is 10.6. The number of anilines is 2. The Hall–Kier alpha value is -3.98. The number of hydrogen-bond acceptors (Lipinski definition) is 6. The molecule has 33 heavy (non-hydrogen) atoms. The van der Waals surface area contributed by atoms with Crippen LogP contribution in [0.25, 0.3) is 11.0 Å². The van der Waals surface area contributed by atoms with Gasteiger partial charge in [-0.2, -0.15) is 5.10 Å². The molecular weight excluding hydrogens is 422 g/mol. The Bertz CT molecular complexity index is 1250. The maximum absolute atomic E-state index is 13.0. The molecule has 0 bridgehead atoms. The van der Waals surface area contributed by atoms with E-state index in [0.717, 1.165) is 5.39 Å². The van der Waals surface area contributed by atoms with Crippen molar-refractivity contribution >= 4 is 34.2 Å². The summed E-state index contributed by atoms with van der Waals surface area (Å²) < 4.78 is 13.1. The zero-order valence-corrected chi connectivity index (χ0v) is 18.6. The van der Waals surface area contributed by atoms with Crippen LogP contribution in [-0.4, -0.2) is 32.7 Å². The zero-order chi connectivity index (χ0) is 23.4. The molecule has 2 N–H and O–H groups in total. The number of ether oxygens (including phenoxy) is 1. The predicted molar refractivity (Wildman–Crippen MR) is 124 cm³/mol. The molecule has 2 amide bonds. The molecule has 4 aromatic rings. The van der Waals surface area contributed by atoms with Gasteiger partial charge in [-0.05, 0) is 51.1 Å². The molecule has 2 heterocycles. The van der Waals surface area contributed by atoms with Gasteiger partial charge < -0.3 is 19.8 Å². The van der Waals surface area contributed by atoms with Crippen LogP contribution in [-0.2, 0) is 16.1 Å². The summed E-state index contributed by atoms with van der Waals surface area (Å²) in [6.07, 6.45) is 2.88. The van der Waals surface area contributed by atoms with E-state index < -0.39 is 6.04 Å². The van der Waals surface area contributed by atoms with Crippen LogP contribution in [0.2, 0.25) is 0 Å². The number of para-hydroxylation sites is 1.